The van der Waals surface area contributed by atoms with Crippen molar-refractivity contribution in [3.05, 3.63) is 0 Å². The smallest absolute Gasteiger partial charge is 0.0905 e. The van der Waals surface area contributed by atoms with Crippen molar-refractivity contribution in [3.8, 4) is 0 Å². The Kier molecular flexibility index (Phi) is 2.32. The monoisotopic (exact) mass is 144 g/mol. The van der Waals surface area contributed by atoms with Gasteiger partial charge in [-0.05, 0) is 25.7 Å². The first-order valence-corrected chi connectivity index (χ1v) is 4.09. The van der Waals surface area contributed by atoms with Crippen LogP contribution in [0.1, 0.15) is 39.0 Å². The molecule has 0 radical (unpaired) electrons. The Labute approximate surface area is 61.9 Å². The Hall–Kier alpha value is -0.0800. The summed E-state index contributed by atoms with van der Waals surface area (Å²) in [7, 11) is 0. The van der Waals surface area contributed by atoms with Gasteiger partial charge in [-0.3, -0.25) is 0 Å². The topological polar surface area (TPSA) is 40.5 Å². The third-order valence-electron chi connectivity index (χ3n) is 2.40. The average Bonchev–Trinajstić information content (AvgIpc) is 1.83. The maximum atomic E-state index is 9.56. The molecule has 2 N–H and O–H groups in total. The average molecular weight is 144 g/mol. The highest BCUT2D eigenvalue weighted by atomic mass is 16.3. The van der Waals surface area contributed by atoms with Crippen LogP contribution in [0.5, 0.6) is 0 Å². The number of rotatable bonds is 3. The van der Waals surface area contributed by atoms with Crippen LogP contribution in [0.2, 0.25) is 0 Å². The summed E-state index contributed by atoms with van der Waals surface area (Å²) in [5.74, 6) is 0. The molecule has 1 aliphatic carbocycles. The van der Waals surface area contributed by atoms with E-state index in [-0.39, 0.29) is 0 Å². The van der Waals surface area contributed by atoms with Crippen molar-refractivity contribution < 1.29 is 10.2 Å². The molecule has 0 spiro atoms. The summed E-state index contributed by atoms with van der Waals surface area (Å²) in [6.45, 7) is 2.02. The van der Waals surface area contributed by atoms with E-state index in [1.54, 1.807) is 0 Å². The number of hydrogen-bond acceptors (Lipinski definition) is 2. The Balaban J connectivity index is 2.31. The van der Waals surface area contributed by atoms with Gasteiger partial charge in [0.1, 0.15) is 0 Å². The van der Waals surface area contributed by atoms with E-state index in [0.29, 0.717) is 0 Å². The highest BCUT2D eigenvalue weighted by Gasteiger charge is 2.40. The molecule has 1 saturated carbocycles. The molecular weight excluding hydrogens is 128 g/mol. The molecule has 0 amide bonds. The van der Waals surface area contributed by atoms with Gasteiger partial charge in [0.2, 0.25) is 0 Å². The van der Waals surface area contributed by atoms with Crippen LogP contribution in [0.25, 0.3) is 0 Å². The van der Waals surface area contributed by atoms with Crippen molar-refractivity contribution in [1.82, 2.24) is 0 Å². The van der Waals surface area contributed by atoms with E-state index in [0.717, 1.165) is 32.1 Å². The van der Waals surface area contributed by atoms with Crippen LogP contribution < -0.4 is 0 Å². The lowest BCUT2D eigenvalue weighted by Gasteiger charge is -2.40. The van der Waals surface area contributed by atoms with E-state index in [9.17, 15) is 10.2 Å². The fourth-order valence-corrected chi connectivity index (χ4v) is 1.41. The van der Waals surface area contributed by atoms with E-state index >= 15 is 0 Å². The summed E-state index contributed by atoms with van der Waals surface area (Å²) in [4.78, 5) is 0. The molecule has 60 valence electrons. The van der Waals surface area contributed by atoms with Crippen molar-refractivity contribution in [2.45, 2.75) is 50.7 Å². The van der Waals surface area contributed by atoms with Gasteiger partial charge in [-0.1, -0.05) is 13.3 Å². The third-order valence-corrected chi connectivity index (χ3v) is 2.40. The normalized spacial score (nSPS) is 25.5. The van der Waals surface area contributed by atoms with Crippen LogP contribution in [0.4, 0.5) is 0 Å². The molecule has 1 unspecified atom stereocenters. The molecule has 0 aliphatic heterocycles. The molecule has 0 heterocycles. The number of aliphatic hydroxyl groups is 2. The van der Waals surface area contributed by atoms with Crippen LogP contribution in [0.3, 0.4) is 0 Å². The lowest BCUT2D eigenvalue weighted by atomic mass is 9.75. The molecule has 2 nitrogen and oxygen atoms in total. The van der Waals surface area contributed by atoms with Gasteiger partial charge in [0, 0.05) is 0 Å². The molecule has 1 rings (SSSR count). The molecule has 2 heteroatoms. The standard InChI is InChI=1S/C8H16O2/c1-2-4-7(9)8(10)5-3-6-8/h7,9-10H,2-6H2,1H3. The van der Waals surface area contributed by atoms with Gasteiger partial charge in [-0.15, -0.1) is 0 Å². The van der Waals surface area contributed by atoms with E-state index < -0.39 is 11.7 Å². The summed E-state index contributed by atoms with van der Waals surface area (Å²) in [6, 6.07) is 0. The largest absolute Gasteiger partial charge is 0.390 e. The molecular formula is C8H16O2. The van der Waals surface area contributed by atoms with E-state index in [1.165, 1.54) is 0 Å². The van der Waals surface area contributed by atoms with Gasteiger partial charge in [-0.2, -0.15) is 0 Å². The molecule has 1 aliphatic rings. The lowest BCUT2D eigenvalue weighted by Crippen LogP contribution is -2.48. The number of hydrogen-bond donors (Lipinski definition) is 2. The molecule has 10 heavy (non-hydrogen) atoms. The zero-order valence-electron chi connectivity index (χ0n) is 6.51. The van der Waals surface area contributed by atoms with E-state index in [2.05, 4.69) is 0 Å². The minimum atomic E-state index is -0.712. The van der Waals surface area contributed by atoms with Crippen molar-refractivity contribution in [3.63, 3.8) is 0 Å². The van der Waals surface area contributed by atoms with E-state index in [1.807, 2.05) is 6.92 Å². The highest BCUT2D eigenvalue weighted by molar-refractivity contribution is 4.93. The molecule has 0 saturated heterocycles. The van der Waals surface area contributed by atoms with Crippen LogP contribution in [-0.2, 0) is 0 Å². The zero-order chi connectivity index (χ0) is 7.61. The van der Waals surface area contributed by atoms with Gasteiger partial charge in [-0.25, -0.2) is 0 Å². The van der Waals surface area contributed by atoms with Gasteiger partial charge in [0.15, 0.2) is 0 Å². The molecule has 0 bridgehead atoms. The second-order valence-corrected chi connectivity index (χ2v) is 3.26. The fraction of sp³-hybridized carbons (Fsp3) is 1.00. The molecule has 1 atom stereocenters. The van der Waals surface area contributed by atoms with Crippen molar-refractivity contribution in [2.75, 3.05) is 0 Å². The van der Waals surface area contributed by atoms with Gasteiger partial charge < -0.3 is 10.2 Å². The zero-order valence-corrected chi connectivity index (χ0v) is 6.51. The summed E-state index contributed by atoms with van der Waals surface area (Å²) in [6.07, 6.45) is 3.84. The summed E-state index contributed by atoms with van der Waals surface area (Å²) in [5, 5.41) is 18.9. The van der Waals surface area contributed by atoms with Gasteiger partial charge in [0.25, 0.3) is 0 Å². The first kappa shape index (κ1) is 8.02. The Morgan fingerprint density at radius 2 is 2.10 bits per heavy atom. The predicted molar refractivity (Wildman–Crippen MR) is 39.7 cm³/mol. The first-order valence-electron chi connectivity index (χ1n) is 4.09. The first-order chi connectivity index (χ1) is 4.69. The Morgan fingerprint density at radius 3 is 2.40 bits per heavy atom. The van der Waals surface area contributed by atoms with Crippen molar-refractivity contribution >= 4 is 0 Å². The summed E-state index contributed by atoms with van der Waals surface area (Å²) in [5.41, 5.74) is -0.712. The molecule has 0 aromatic heterocycles. The fourth-order valence-electron chi connectivity index (χ4n) is 1.41. The van der Waals surface area contributed by atoms with Crippen LogP contribution in [-0.4, -0.2) is 21.9 Å². The van der Waals surface area contributed by atoms with Crippen LogP contribution >= 0.6 is 0 Å². The Bertz CT molecular complexity index is 108. The van der Waals surface area contributed by atoms with Crippen LogP contribution in [0.15, 0.2) is 0 Å². The van der Waals surface area contributed by atoms with E-state index in [4.69, 9.17) is 0 Å². The van der Waals surface area contributed by atoms with Gasteiger partial charge in [0.05, 0.1) is 11.7 Å². The molecule has 1 fully saturated rings. The van der Waals surface area contributed by atoms with Crippen molar-refractivity contribution in [1.29, 1.82) is 0 Å². The second kappa shape index (κ2) is 2.89. The minimum absolute atomic E-state index is 0.480. The summed E-state index contributed by atoms with van der Waals surface area (Å²) < 4.78 is 0. The highest BCUT2D eigenvalue weighted by Crippen LogP contribution is 2.36. The summed E-state index contributed by atoms with van der Waals surface area (Å²) >= 11 is 0. The van der Waals surface area contributed by atoms with Crippen LogP contribution in [0, 0.1) is 0 Å². The SMILES string of the molecule is CCCC(O)C1(O)CCC1. The maximum Gasteiger partial charge on any atom is 0.0905 e. The quantitative estimate of drug-likeness (QED) is 0.622. The predicted octanol–water partition coefficient (Wildman–Crippen LogP) is 1.06. The van der Waals surface area contributed by atoms with Gasteiger partial charge >= 0.3 is 0 Å². The Morgan fingerprint density at radius 1 is 1.50 bits per heavy atom. The molecule has 0 aromatic carbocycles. The number of aliphatic hydroxyl groups excluding tert-OH is 1. The maximum absolute atomic E-state index is 9.56. The third kappa shape index (κ3) is 1.32. The lowest BCUT2D eigenvalue weighted by molar-refractivity contribution is -0.127. The minimum Gasteiger partial charge on any atom is -0.390 e. The second-order valence-electron chi connectivity index (χ2n) is 3.26. The van der Waals surface area contributed by atoms with Crippen molar-refractivity contribution in [2.24, 2.45) is 0 Å². The molecule has 0 aromatic rings.